The van der Waals surface area contributed by atoms with Gasteiger partial charge < -0.3 is 14.8 Å². The number of nitrogens with one attached hydrogen (secondary N) is 1. The minimum absolute atomic E-state index is 0.143. The van der Waals surface area contributed by atoms with Crippen LogP contribution in [0.4, 0.5) is 5.69 Å². The Hall–Kier alpha value is -3.01. The van der Waals surface area contributed by atoms with Crippen LogP contribution in [0.5, 0.6) is 11.5 Å². The summed E-state index contributed by atoms with van der Waals surface area (Å²) in [6.45, 7) is 5.41. The molecular formula is C24H27NO3. The first-order chi connectivity index (χ1) is 13.7. The lowest BCUT2D eigenvalue weighted by molar-refractivity contribution is 0.102. The molecule has 0 aliphatic rings. The maximum Gasteiger partial charge on any atom is 0.256 e. The molecule has 28 heavy (non-hydrogen) atoms. The maximum atomic E-state index is 12.8. The maximum absolute atomic E-state index is 12.8. The van der Waals surface area contributed by atoms with E-state index in [1.807, 2.05) is 67.6 Å². The number of anilines is 1. The number of carbonyl (C=O) groups excluding carboxylic acids is 1. The first-order valence-corrected chi connectivity index (χ1v) is 9.91. The van der Waals surface area contributed by atoms with Crippen LogP contribution in [0, 0.1) is 0 Å². The molecule has 3 rings (SSSR count). The molecule has 0 atom stereocenters. The Morgan fingerprint density at radius 1 is 0.893 bits per heavy atom. The number of ether oxygens (including phenoxy) is 2. The van der Waals surface area contributed by atoms with Gasteiger partial charge in [0.2, 0.25) is 0 Å². The van der Waals surface area contributed by atoms with Gasteiger partial charge in [0.1, 0.15) is 11.5 Å². The molecule has 0 radical (unpaired) electrons. The molecule has 0 saturated carbocycles. The molecule has 0 saturated heterocycles. The highest BCUT2D eigenvalue weighted by Gasteiger charge is 2.11. The SMILES string of the molecule is CCCCCOc1ccc2c(C(=O)Nc3cccc(OCC)c3)cccc2c1. The lowest BCUT2D eigenvalue weighted by atomic mass is 10.0. The molecule has 3 aromatic carbocycles. The first kappa shape index (κ1) is 19.7. The fraction of sp³-hybridized carbons (Fsp3) is 0.292. The zero-order valence-corrected chi connectivity index (χ0v) is 16.5. The minimum Gasteiger partial charge on any atom is -0.494 e. The molecule has 0 fully saturated rings. The molecule has 0 unspecified atom stereocenters. The molecule has 0 aliphatic heterocycles. The molecular weight excluding hydrogens is 350 g/mol. The summed E-state index contributed by atoms with van der Waals surface area (Å²) in [6, 6.07) is 19.0. The van der Waals surface area contributed by atoms with Crippen LogP contribution in [0.3, 0.4) is 0 Å². The highest BCUT2D eigenvalue weighted by molar-refractivity contribution is 6.13. The van der Waals surface area contributed by atoms with E-state index < -0.39 is 0 Å². The van der Waals surface area contributed by atoms with Crippen molar-refractivity contribution in [1.82, 2.24) is 0 Å². The van der Waals surface area contributed by atoms with Crippen LogP contribution in [0.25, 0.3) is 10.8 Å². The van der Waals surface area contributed by atoms with Gasteiger partial charge in [-0.15, -0.1) is 0 Å². The van der Waals surface area contributed by atoms with Gasteiger partial charge in [0.15, 0.2) is 0 Å². The Morgan fingerprint density at radius 2 is 1.71 bits per heavy atom. The van der Waals surface area contributed by atoms with Gasteiger partial charge >= 0.3 is 0 Å². The average Bonchev–Trinajstić information content (AvgIpc) is 2.71. The number of carbonyl (C=O) groups is 1. The van der Waals surface area contributed by atoms with Crippen LogP contribution in [0.15, 0.2) is 60.7 Å². The van der Waals surface area contributed by atoms with E-state index in [-0.39, 0.29) is 5.91 Å². The first-order valence-electron chi connectivity index (χ1n) is 9.91. The van der Waals surface area contributed by atoms with Crippen LogP contribution < -0.4 is 14.8 Å². The van der Waals surface area contributed by atoms with Gasteiger partial charge in [0.05, 0.1) is 13.2 Å². The van der Waals surface area contributed by atoms with E-state index in [4.69, 9.17) is 9.47 Å². The van der Waals surface area contributed by atoms with Gasteiger partial charge in [-0.2, -0.15) is 0 Å². The Balaban J connectivity index is 1.76. The van der Waals surface area contributed by atoms with Crippen molar-refractivity contribution < 1.29 is 14.3 Å². The molecule has 0 heterocycles. The summed E-state index contributed by atoms with van der Waals surface area (Å²) >= 11 is 0. The number of unbranched alkanes of at least 4 members (excludes halogenated alkanes) is 2. The molecule has 1 amide bonds. The lowest BCUT2D eigenvalue weighted by Crippen LogP contribution is -2.12. The Morgan fingerprint density at radius 3 is 2.54 bits per heavy atom. The van der Waals surface area contributed by atoms with E-state index in [0.717, 1.165) is 35.3 Å². The topological polar surface area (TPSA) is 47.6 Å². The lowest BCUT2D eigenvalue weighted by Gasteiger charge is -2.11. The number of hydrogen-bond acceptors (Lipinski definition) is 3. The predicted octanol–water partition coefficient (Wildman–Crippen LogP) is 6.06. The summed E-state index contributed by atoms with van der Waals surface area (Å²) in [5.74, 6) is 1.43. The summed E-state index contributed by atoms with van der Waals surface area (Å²) in [5.41, 5.74) is 1.35. The van der Waals surface area contributed by atoms with E-state index >= 15 is 0 Å². The highest BCUT2D eigenvalue weighted by atomic mass is 16.5. The van der Waals surface area contributed by atoms with Crippen LogP contribution in [0.2, 0.25) is 0 Å². The number of rotatable bonds is 9. The monoisotopic (exact) mass is 377 g/mol. The van der Waals surface area contributed by atoms with E-state index in [9.17, 15) is 4.79 Å². The van der Waals surface area contributed by atoms with Crippen LogP contribution in [-0.2, 0) is 0 Å². The normalized spacial score (nSPS) is 10.6. The number of amides is 1. The van der Waals surface area contributed by atoms with Crippen molar-refractivity contribution >= 4 is 22.4 Å². The van der Waals surface area contributed by atoms with Crippen molar-refractivity contribution in [2.24, 2.45) is 0 Å². The van der Waals surface area contributed by atoms with Gasteiger partial charge in [-0.05, 0) is 60.5 Å². The molecule has 0 bridgehead atoms. The Bertz CT molecular complexity index is 936. The second kappa shape index (κ2) is 9.79. The third kappa shape index (κ3) is 5.03. The third-order valence-corrected chi connectivity index (χ3v) is 4.52. The van der Waals surface area contributed by atoms with E-state index in [1.165, 1.54) is 12.8 Å². The zero-order valence-electron chi connectivity index (χ0n) is 16.5. The summed E-state index contributed by atoms with van der Waals surface area (Å²) in [6.07, 6.45) is 3.40. The zero-order chi connectivity index (χ0) is 19.8. The van der Waals surface area contributed by atoms with Gasteiger partial charge in [0.25, 0.3) is 5.91 Å². The standard InChI is InChI=1S/C24H27NO3/c1-3-5-6-15-28-21-13-14-22-18(16-21)9-7-12-23(22)24(26)25-19-10-8-11-20(17-19)27-4-2/h7-14,16-17H,3-6,15H2,1-2H3,(H,25,26). The quantitative estimate of drug-likeness (QED) is 0.461. The summed E-state index contributed by atoms with van der Waals surface area (Å²) < 4.78 is 11.3. The van der Waals surface area contributed by atoms with Gasteiger partial charge in [-0.1, -0.05) is 38.0 Å². The van der Waals surface area contributed by atoms with Gasteiger partial charge in [-0.25, -0.2) is 0 Å². The molecule has 4 heteroatoms. The molecule has 3 aromatic rings. The smallest absolute Gasteiger partial charge is 0.256 e. The molecule has 0 aromatic heterocycles. The van der Waals surface area contributed by atoms with Gasteiger partial charge in [0, 0.05) is 17.3 Å². The second-order valence-electron chi connectivity index (χ2n) is 6.66. The van der Waals surface area contributed by atoms with E-state index in [2.05, 4.69) is 12.2 Å². The molecule has 1 N–H and O–H groups in total. The largest absolute Gasteiger partial charge is 0.494 e. The summed E-state index contributed by atoms with van der Waals surface area (Å²) in [5, 5.41) is 4.86. The number of hydrogen-bond donors (Lipinski definition) is 1. The molecule has 4 nitrogen and oxygen atoms in total. The number of benzene rings is 3. The molecule has 146 valence electrons. The third-order valence-electron chi connectivity index (χ3n) is 4.52. The van der Waals surface area contributed by atoms with Crippen molar-refractivity contribution in [2.45, 2.75) is 33.1 Å². The summed E-state index contributed by atoms with van der Waals surface area (Å²) in [7, 11) is 0. The summed E-state index contributed by atoms with van der Waals surface area (Å²) in [4.78, 5) is 12.8. The molecule has 0 aliphatic carbocycles. The van der Waals surface area contributed by atoms with Crippen molar-refractivity contribution in [2.75, 3.05) is 18.5 Å². The second-order valence-corrected chi connectivity index (χ2v) is 6.66. The Kier molecular flexibility index (Phi) is 6.90. The Labute approximate surface area is 166 Å². The highest BCUT2D eigenvalue weighted by Crippen LogP contribution is 2.25. The average molecular weight is 377 g/mol. The van der Waals surface area contributed by atoms with Crippen LogP contribution in [0.1, 0.15) is 43.5 Å². The van der Waals surface area contributed by atoms with Crippen molar-refractivity contribution in [3.05, 3.63) is 66.2 Å². The van der Waals surface area contributed by atoms with E-state index in [1.54, 1.807) is 0 Å². The fourth-order valence-electron chi connectivity index (χ4n) is 3.12. The molecule has 0 spiro atoms. The van der Waals surface area contributed by atoms with Crippen LogP contribution in [-0.4, -0.2) is 19.1 Å². The predicted molar refractivity (Wildman–Crippen MR) is 115 cm³/mol. The fourth-order valence-corrected chi connectivity index (χ4v) is 3.12. The number of fused-ring (bicyclic) bond motifs is 1. The van der Waals surface area contributed by atoms with Crippen molar-refractivity contribution in [3.63, 3.8) is 0 Å². The minimum atomic E-state index is -0.143. The van der Waals surface area contributed by atoms with Crippen molar-refractivity contribution in [1.29, 1.82) is 0 Å². The van der Waals surface area contributed by atoms with Crippen molar-refractivity contribution in [3.8, 4) is 11.5 Å². The van der Waals surface area contributed by atoms with Crippen LogP contribution >= 0.6 is 0 Å². The van der Waals surface area contributed by atoms with Gasteiger partial charge in [-0.3, -0.25) is 4.79 Å². The van der Waals surface area contributed by atoms with E-state index in [0.29, 0.717) is 17.9 Å².